The molecule has 1 fully saturated rings. The molecule has 1 saturated carbocycles. The molecule has 0 atom stereocenters. The molecule has 0 radical (unpaired) electrons. The number of benzene rings is 1. The third kappa shape index (κ3) is 2.00. The predicted octanol–water partition coefficient (Wildman–Crippen LogP) is 4.29. The number of rotatable bonds is 0. The van der Waals surface area contributed by atoms with Gasteiger partial charge in [-0.15, -0.1) is 0 Å². The van der Waals surface area contributed by atoms with Crippen molar-refractivity contribution in [3.05, 3.63) is 29.8 Å². The van der Waals surface area contributed by atoms with Crippen molar-refractivity contribution in [2.45, 2.75) is 37.5 Å². The van der Waals surface area contributed by atoms with Crippen LogP contribution in [0.5, 0.6) is 5.75 Å². The molecule has 1 heterocycles. The summed E-state index contributed by atoms with van der Waals surface area (Å²) in [6, 6.07) is 8.58. The van der Waals surface area contributed by atoms with Crippen LogP contribution in [-0.4, -0.2) is 12.4 Å². The molecular weight excluding hydrogens is 264 g/mol. The van der Waals surface area contributed by atoms with E-state index in [1.807, 2.05) is 5.83 Å². The zero-order valence-corrected chi connectivity index (χ0v) is 11.4. The van der Waals surface area contributed by atoms with Gasteiger partial charge >= 0.3 is 0 Å². The number of halogens is 1. The van der Waals surface area contributed by atoms with Crippen molar-refractivity contribution in [3.63, 3.8) is 0 Å². The van der Waals surface area contributed by atoms with Crippen molar-refractivity contribution in [1.82, 2.24) is 0 Å². The second-order valence-electron chi connectivity index (χ2n) is 4.63. The summed E-state index contributed by atoms with van der Waals surface area (Å²) < 4.78 is 5.79. The molecule has 88 valence electrons. The van der Waals surface area contributed by atoms with E-state index in [0.29, 0.717) is 5.41 Å². The van der Waals surface area contributed by atoms with Gasteiger partial charge in [0.15, 0.2) is 0 Å². The molecule has 0 unspecified atom stereocenters. The molecule has 0 N–H and O–H groups in total. The Bertz CT molecular complexity index is 337. The molecule has 0 bridgehead atoms. The first-order valence-electron chi connectivity index (χ1n) is 6.01. The average molecular weight is 283 g/mol. The topological polar surface area (TPSA) is 9.23 Å². The minimum Gasteiger partial charge on any atom is -0.492 e. The van der Waals surface area contributed by atoms with Crippen molar-refractivity contribution in [3.8, 4) is 5.75 Å². The molecule has 16 heavy (non-hydrogen) atoms. The normalized spacial score (nSPS) is 20.6. The standard InChI is InChI=1S/C13H16O.CH3Br/c1-4-8-13(9-5-1)10-14-12-7-3-2-6-11(12)13;1-2/h2-3,6-7H,1,4-5,8-10H2;1H3. The molecule has 0 aromatic heterocycles. The zero-order valence-electron chi connectivity index (χ0n) is 9.84. The number of hydrogen-bond donors (Lipinski definition) is 0. The number of fused-ring (bicyclic) bond motifs is 2. The van der Waals surface area contributed by atoms with Gasteiger partial charge in [-0.25, -0.2) is 0 Å². The molecule has 0 saturated heterocycles. The molecule has 2 aliphatic rings. The summed E-state index contributed by atoms with van der Waals surface area (Å²) in [7, 11) is 0. The number of para-hydroxylation sites is 1. The Labute approximate surface area is 106 Å². The van der Waals surface area contributed by atoms with E-state index in [2.05, 4.69) is 40.2 Å². The molecule has 2 heteroatoms. The van der Waals surface area contributed by atoms with Crippen LogP contribution < -0.4 is 4.74 Å². The van der Waals surface area contributed by atoms with Crippen LogP contribution in [0.3, 0.4) is 0 Å². The fourth-order valence-corrected chi connectivity index (χ4v) is 2.97. The molecule has 1 aromatic carbocycles. The second-order valence-corrected chi connectivity index (χ2v) is 4.63. The minimum absolute atomic E-state index is 0.384. The number of hydrogen-bond acceptors (Lipinski definition) is 1. The maximum Gasteiger partial charge on any atom is 0.123 e. The Morgan fingerprint density at radius 1 is 1.06 bits per heavy atom. The SMILES string of the molecule is CBr.c1ccc2c(c1)OCC21CCCCC1. The van der Waals surface area contributed by atoms with Crippen LogP contribution >= 0.6 is 15.9 Å². The van der Waals surface area contributed by atoms with Gasteiger partial charge in [-0.05, 0) is 24.7 Å². The molecule has 1 aromatic rings. The smallest absolute Gasteiger partial charge is 0.123 e. The van der Waals surface area contributed by atoms with Crippen LogP contribution in [0.2, 0.25) is 0 Å². The van der Waals surface area contributed by atoms with Crippen LogP contribution in [0.1, 0.15) is 37.7 Å². The lowest BCUT2D eigenvalue weighted by molar-refractivity contribution is 0.212. The van der Waals surface area contributed by atoms with Gasteiger partial charge in [-0.2, -0.15) is 0 Å². The molecule has 1 aliphatic heterocycles. The highest BCUT2D eigenvalue weighted by molar-refractivity contribution is 9.08. The summed E-state index contributed by atoms with van der Waals surface area (Å²) >= 11 is 2.94. The van der Waals surface area contributed by atoms with Crippen molar-refractivity contribution < 1.29 is 4.74 Å². The third-order valence-electron chi connectivity index (χ3n) is 3.77. The highest BCUT2D eigenvalue weighted by atomic mass is 79.9. The lowest BCUT2D eigenvalue weighted by atomic mass is 9.71. The Morgan fingerprint density at radius 2 is 1.75 bits per heavy atom. The first kappa shape index (κ1) is 12.0. The monoisotopic (exact) mass is 282 g/mol. The molecule has 1 nitrogen and oxygen atoms in total. The first-order chi connectivity index (χ1) is 7.91. The van der Waals surface area contributed by atoms with Crippen LogP contribution in [0.25, 0.3) is 0 Å². The van der Waals surface area contributed by atoms with Crippen molar-refractivity contribution in [1.29, 1.82) is 0 Å². The van der Waals surface area contributed by atoms with Crippen molar-refractivity contribution in [2.75, 3.05) is 12.4 Å². The Kier molecular flexibility index (Phi) is 3.91. The average Bonchev–Trinajstić information content (AvgIpc) is 2.73. The van der Waals surface area contributed by atoms with Gasteiger partial charge in [0, 0.05) is 11.0 Å². The Hall–Kier alpha value is -0.500. The molecule has 0 amide bonds. The van der Waals surface area contributed by atoms with E-state index in [4.69, 9.17) is 4.74 Å². The quantitative estimate of drug-likeness (QED) is 0.645. The second kappa shape index (κ2) is 5.22. The maximum absolute atomic E-state index is 5.79. The highest BCUT2D eigenvalue weighted by Gasteiger charge is 2.40. The van der Waals surface area contributed by atoms with Crippen molar-refractivity contribution in [2.24, 2.45) is 0 Å². The fourth-order valence-electron chi connectivity index (χ4n) is 2.97. The fraction of sp³-hybridized carbons (Fsp3) is 0.571. The summed E-state index contributed by atoms with van der Waals surface area (Å²) in [6.07, 6.45) is 6.80. The lowest BCUT2D eigenvalue weighted by Crippen LogP contribution is -2.30. The molecular formula is C14H19BrO. The lowest BCUT2D eigenvalue weighted by Gasteiger charge is -2.31. The van der Waals surface area contributed by atoms with Crippen LogP contribution in [0.4, 0.5) is 0 Å². The third-order valence-corrected chi connectivity index (χ3v) is 3.77. The van der Waals surface area contributed by atoms with Gasteiger partial charge in [0.2, 0.25) is 0 Å². The largest absolute Gasteiger partial charge is 0.492 e. The van der Waals surface area contributed by atoms with E-state index >= 15 is 0 Å². The first-order valence-corrected chi connectivity index (χ1v) is 7.59. The molecule has 1 spiro atoms. The van der Waals surface area contributed by atoms with E-state index in [0.717, 1.165) is 12.4 Å². The van der Waals surface area contributed by atoms with Crippen LogP contribution in [-0.2, 0) is 5.41 Å². The van der Waals surface area contributed by atoms with Gasteiger partial charge in [0.1, 0.15) is 5.75 Å². The van der Waals surface area contributed by atoms with E-state index < -0.39 is 0 Å². The summed E-state index contributed by atoms with van der Waals surface area (Å²) in [5.74, 6) is 2.95. The summed E-state index contributed by atoms with van der Waals surface area (Å²) in [5, 5.41) is 0. The summed E-state index contributed by atoms with van der Waals surface area (Å²) in [6.45, 7) is 0.923. The van der Waals surface area contributed by atoms with Gasteiger partial charge in [-0.1, -0.05) is 53.4 Å². The van der Waals surface area contributed by atoms with E-state index in [9.17, 15) is 0 Å². The summed E-state index contributed by atoms with van der Waals surface area (Å²) in [5.41, 5.74) is 1.86. The van der Waals surface area contributed by atoms with Gasteiger partial charge < -0.3 is 4.74 Å². The minimum atomic E-state index is 0.384. The molecule has 1 aliphatic carbocycles. The zero-order chi connectivity index (χ0) is 11.4. The predicted molar refractivity (Wildman–Crippen MR) is 71.6 cm³/mol. The van der Waals surface area contributed by atoms with Crippen molar-refractivity contribution >= 4 is 15.9 Å². The maximum atomic E-state index is 5.79. The van der Waals surface area contributed by atoms with Crippen LogP contribution in [0, 0.1) is 0 Å². The number of ether oxygens (including phenoxy) is 1. The van der Waals surface area contributed by atoms with E-state index in [1.54, 1.807) is 0 Å². The summed E-state index contributed by atoms with van der Waals surface area (Å²) in [4.78, 5) is 0. The Balaban J connectivity index is 0.000000457. The van der Waals surface area contributed by atoms with Gasteiger partial charge in [0.05, 0.1) is 6.61 Å². The van der Waals surface area contributed by atoms with Crippen LogP contribution in [0.15, 0.2) is 24.3 Å². The van der Waals surface area contributed by atoms with Gasteiger partial charge in [-0.3, -0.25) is 0 Å². The highest BCUT2D eigenvalue weighted by Crippen LogP contribution is 2.47. The van der Waals surface area contributed by atoms with Gasteiger partial charge in [0.25, 0.3) is 0 Å². The Morgan fingerprint density at radius 3 is 2.50 bits per heavy atom. The van der Waals surface area contributed by atoms with E-state index in [1.165, 1.54) is 37.7 Å². The number of alkyl halides is 1. The van der Waals surface area contributed by atoms with E-state index in [-0.39, 0.29) is 0 Å². The molecule has 3 rings (SSSR count).